The first-order chi connectivity index (χ1) is 13.0. The average molecular weight is 371 g/mol. The number of hydrogen-bond donors (Lipinski definition) is 1. The summed E-state index contributed by atoms with van der Waals surface area (Å²) in [4.78, 5) is 24.6. The van der Waals surface area contributed by atoms with Gasteiger partial charge in [0, 0.05) is 31.9 Å². The molecular weight excluding hydrogens is 342 g/mol. The fraction of sp³-hybridized carbons (Fsp3) is 0.571. The Morgan fingerprint density at radius 3 is 2.78 bits per heavy atom. The molecule has 3 rings (SSSR count). The van der Waals surface area contributed by atoms with E-state index in [9.17, 15) is 9.59 Å². The summed E-state index contributed by atoms with van der Waals surface area (Å²) in [7, 11) is 0. The van der Waals surface area contributed by atoms with Crippen molar-refractivity contribution in [2.24, 2.45) is 11.0 Å². The zero-order valence-corrected chi connectivity index (χ0v) is 16.2. The molecule has 0 bridgehead atoms. The fourth-order valence-electron chi connectivity index (χ4n) is 3.54. The third-order valence-electron chi connectivity index (χ3n) is 5.19. The Kier molecular flexibility index (Phi) is 6.61. The van der Waals surface area contributed by atoms with Crippen molar-refractivity contribution in [3.05, 3.63) is 35.9 Å². The molecular formula is C21H29N3O3. The van der Waals surface area contributed by atoms with Crippen LogP contribution in [-0.2, 0) is 14.3 Å². The molecule has 0 saturated carbocycles. The van der Waals surface area contributed by atoms with Gasteiger partial charge in [0.1, 0.15) is 0 Å². The van der Waals surface area contributed by atoms with E-state index in [1.54, 1.807) is 0 Å². The molecule has 6 heteroatoms. The van der Waals surface area contributed by atoms with E-state index in [0.717, 1.165) is 30.5 Å². The van der Waals surface area contributed by atoms with Crippen LogP contribution in [0.5, 0.6) is 0 Å². The Morgan fingerprint density at radius 1 is 1.26 bits per heavy atom. The van der Waals surface area contributed by atoms with Gasteiger partial charge in [-0.15, -0.1) is 0 Å². The Morgan fingerprint density at radius 2 is 2.04 bits per heavy atom. The number of rotatable bonds is 6. The number of carbonyl (C=O) groups excluding carboxylic acids is 2. The second-order valence-corrected chi connectivity index (χ2v) is 7.62. The smallest absolute Gasteiger partial charge is 0.243 e. The number of amides is 2. The molecule has 1 aromatic carbocycles. The first-order valence-electron chi connectivity index (χ1n) is 9.87. The topological polar surface area (TPSA) is 71.0 Å². The lowest BCUT2D eigenvalue weighted by Gasteiger charge is -2.32. The van der Waals surface area contributed by atoms with Gasteiger partial charge in [-0.3, -0.25) is 9.59 Å². The summed E-state index contributed by atoms with van der Waals surface area (Å²) >= 11 is 0. The quantitative estimate of drug-likeness (QED) is 0.836. The van der Waals surface area contributed by atoms with Crippen LogP contribution in [0.15, 0.2) is 35.4 Å². The van der Waals surface area contributed by atoms with Gasteiger partial charge in [-0.05, 0) is 24.3 Å². The third-order valence-corrected chi connectivity index (χ3v) is 5.19. The van der Waals surface area contributed by atoms with E-state index in [1.165, 1.54) is 5.01 Å². The zero-order chi connectivity index (χ0) is 19.2. The molecule has 2 heterocycles. The number of nitrogens with one attached hydrogen (secondary N) is 1. The molecule has 2 atom stereocenters. The minimum atomic E-state index is -0.0943. The molecule has 1 saturated heterocycles. The largest absolute Gasteiger partial charge is 0.378 e. The van der Waals surface area contributed by atoms with Crippen molar-refractivity contribution in [3.63, 3.8) is 0 Å². The summed E-state index contributed by atoms with van der Waals surface area (Å²) in [6.45, 7) is 5.53. The molecule has 1 fully saturated rings. The Balaban J connectivity index is 1.44. The molecule has 2 aliphatic rings. The van der Waals surface area contributed by atoms with Crippen molar-refractivity contribution < 1.29 is 14.3 Å². The van der Waals surface area contributed by atoms with E-state index < -0.39 is 0 Å². The predicted molar refractivity (Wildman–Crippen MR) is 104 cm³/mol. The number of hydrogen-bond acceptors (Lipinski definition) is 4. The highest BCUT2D eigenvalue weighted by molar-refractivity contribution is 6.02. The normalized spacial score (nSPS) is 22.6. The fourth-order valence-corrected chi connectivity index (χ4v) is 3.54. The average Bonchev–Trinajstić information content (AvgIpc) is 3.17. The Labute approximate surface area is 161 Å². The van der Waals surface area contributed by atoms with E-state index in [0.29, 0.717) is 19.1 Å². The molecule has 0 unspecified atom stereocenters. The Bertz CT molecular complexity index is 687. The van der Waals surface area contributed by atoms with E-state index in [2.05, 4.69) is 24.3 Å². The minimum Gasteiger partial charge on any atom is -0.378 e. The third kappa shape index (κ3) is 5.39. The van der Waals surface area contributed by atoms with E-state index in [4.69, 9.17) is 4.74 Å². The molecule has 6 nitrogen and oxygen atoms in total. The van der Waals surface area contributed by atoms with Crippen molar-refractivity contribution >= 4 is 17.5 Å². The SMILES string of the molecule is CC(C)[C@H]1C[C@H](NC(=O)CCC(=O)N2CCC(c3ccccc3)=N2)CCO1. The maximum atomic E-state index is 12.4. The molecule has 1 N–H and O–H groups in total. The van der Waals surface area contributed by atoms with Gasteiger partial charge in [0.05, 0.1) is 18.4 Å². The van der Waals surface area contributed by atoms with Crippen molar-refractivity contribution in [2.45, 2.75) is 58.1 Å². The van der Waals surface area contributed by atoms with Crippen LogP contribution in [0.25, 0.3) is 0 Å². The molecule has 1 aromatic rings. The van der Waals surface area contributed by atoms with Crippen LogP contribution in [0.1, 0.15) is 51.5 Å². The monoisotopic (exact) mass is 371 g/mol. The zero-order valence-electron chi connectivity index (χ0n) is 16.2. The van der Waals surface area contributed by atoms with Crippen LogP contribution in [-0.4, -0.2) is 47.8 Å². The summed E-state index contributed by atoms with van der Waals surface area (Å²) in [6, 6.07) is 10.0. The number of benzene rings is 1. The van der Waals surface area contributed by atoms with Gasteiger partial charge in [-0.1, -0.05) is 44.2 Å². The maximum absolute atomic E-state index is 12.4. The molecule has 2 aliphatic heterocycles. The number of carbonyl (C=O) groups is 2. The van der Waals surface area contributed by atoms with Gasteiger partial charge in [0.2, 0.25) is 11.8 Å². The molecule has 2 amide bonds. The van der Waals surface area contributed by atoms with Gasteiger partial charge < -0.3 is 10.1 Å². The standard InChI is InChI=1S/C21H29N3O3/c1-15(2)19-14-17(11-13-27-19)22-20(25)8-9-21(26)24-12-10-18(23-24)16-6-4-3-5-7-16/h3-7,15,17,19H,8-14H2,1-2H3,(H,22,25)/t17-,19-/m1/s1. The second kappa shape index (κ2) is 9.13. The van der Waals surface area contributed by atoms with E-state index in [-0.39, 0.29) is 36.8 Å². The van der Waals surface area contributed by atoms with Gasteiger partial charge in [0.15, 0.2) is 0 Å². The molecule has 146 valence electrons. The summed E-state index contributed by atoms with van der Waals surface area (Å²) in [5.41, 5.74) is 1.97. The van der Waals surface area contributed by atoms with Crippen LogP contribution >= 0.6 is 0 Å². The first-order valence-corrected chi connectivity index (χ1v) is 9.87. The summed E-state index contributed by atoms with van der Waals surface area (Å²) < 4.78 is 5.74. The summed E-state index contributed by atoms with van der Waals surface area (Å²) in [5.74, 6) is 0.283. The van der Waals surface area contributed by atoms with E-state index >= 15 is 0 Å². The van der Waals surface area contributed by atoms with Crippen LogP contribution in [0.4, 0.5) is 0 Å². The number of hydrazone groups is 1. The highest BCUT2D eigenvalue weighted by atomic mass is 16.5. The summed E-state index contributed by atoms with van der Waals surface area (Å²) in [5, 5.41) is 8.99. The lowest BCUT2D eigenvalue weighted by Crippen LogP contribution is -2.43. The number of nitrogens with zero attached hydrogens (tertiary/aromatic N) is 2. The van der Waals surface area contributed by atoms with Crippen LogP contribution in [0.2, 0.25) is 0 Å². The van der Waals surface area contributed by atoms with Gasteiger partial charge in [0.25, 0.3) is 0 Å². The maximum Gasteiger partial charge on any atom is 0.243 e. The van der Waals surface area contributed by atoms with Crippen LogP contribution < -0.4 is 5.32 Å². The van der Waals surface area contributed by atoms with Crippen molar-refractivity contribution in [1.82, 2.24) is 10.3 Å². The highest BCUT2D eigenvalue weighted by Crippen LogP contribution is 2.20. The second-order valence-electron chi connectivity index (χ2n) is 7.62. The van der Waals surface area contributed by atoms with Crippen LogP contribution in [0.3, 0.4) is 0 Å². The van der Waals surface area contributed by atoms with Crippen molar-refractivity contribution in [1.29, 1.82) is 0 Å². The molecule has 0 aromatic heterocycles. The van der Waals surface area contributed by atoms with Gasteiger partial charge >= 0.3 is 0 Å². The molecule has 0 radical (unpaired) electrons. The first kappa shape index (κ1) is 19.5. The Hall–Kier alpha value is -2.21. The number of ether oxygens (including phenoxy) is 1. The predicted octanol–water partition coefficient (Wildman–Crippen LogP) is 2.72. The van der Waals surface area contributed by atoms with Crippen LogP contribution in [0, 0.1) is 5.92 Å². The van der Waals surface area contributed by atoms with Crippen molar-refractivity contribution in [3.8, 4) is 0 Å². The van der Waals surface area contributed by atoms with Gasteiger partial charge in [-0.25, -0.2) is 5.01 Å². The lowest BCUT2D eigenvalue weighted by atomic mass is 9.95. The van der Waals surface area contributed by atoms with E-state index in [1.807, 2.05) is 30.3 Å². The molecule has 27 heavy (non-hydrogen) atoms. The minimum absolute atomic E-state index is 0.0655. The molecule has 0 aliphatic carbocycles. The summed E-state index contributed by atoms with van der Waals surface area (Å²) in [6.07, 6.45) is 3.01. The lowest BCUT2D eigenvalue weighted by molar-refractivity contribution is -0.133. The van der Waals surface area contributed by atoms with Gasteiger partial charge in [-0.2, -0.15) is 5.10 Å². The highest BCUT2D eigenvalue weighted by Gasteiger charge is 2.26. The van der Waals surface area contributed by atoms with Crippen molar-refractivity contribution in [2.75, 3.05) is 13.2 Å². The molecule has 0 spiro atoms.